The molecular formula is C15H24ClNO2S. The Balaban J connectivity index is 3.14. The monoisotopic (exact) mass is 317 g/mol. The van der Waals surface area contributed by atoms with E-state index in [1.807, 2.05) is 19.9 Å². The van der Waals surface area contributed by atoms with E-state index in [4.69, 9.17) is 11.6 Å². The van der Waals surface area contributed by atoms with Crippen LogP contribution < -0.4 is 0 Å². The van der Waals surface area contributed by atoms with Gasteiger partial charge in [-0.25, -0.2) is 8.42 Å². The molecule has 0 aliphatic heterocycles. The molecule has 1 unspecified atom stereocenters. The van der Waals surface area contributed by atoms with Crippen molar-refractivity contribution < 1.29 is 8.42 Å². The van der Waals surface area contributed by atoms with Gasteiger partial charge < -0.3 is 0 Å². The summed E-state index contributed by atoms with van der Waals surface area (Å²) in [4.78, 5) is 0.340. The Kier molecular flexibility index (Phi) is 7.00. The van der Waals surface area contributed by atoms with E-state index in [1.165, 1.54) is 0 Å². The Morgan fingerprint density at radius 2 is 2.00 bits per heavy atom. The van der Waals surface area contributed by atoms with Crippen molar-refractivity contribution in [3.8, 4) is 0 Å². The minimum Gasteiger partial charge on any atom is -0.207 e. The molecule has 0 amide bonds. The number of alkyl halides is 1. The Bertz CT molecular complexity index is 516. The second-order valence-corrected chi connectivity index (χ2v) is 7.17. The van der Waals surface area contributed by atoms with Crippen LogP contribution in [0.1, 0.15) is 45.6 Å². The molecular weight excluding hydrogens is 294 g/mol. The lowest BCUT2D eigenvalue weighted by Crippen LogP contribution is -2.39. The fourth-order valence-electron chi connectivity index (χ4n) is 2.02. The maximum Gasteiger partial charge on any atom is 0.243 e. The molecule has 114 valence electrons. The van der Waals surface area contributed by atoms with Crippen molar-refractivity contribution in [2.75, 3.05) is 6.54 Å². The third-order valence-electron chi connectivity index (χ3n) is 3.47. The third kappa shape index (κ3) is 4.21. The summed E-state index contributed by atoms with van der Waals surface area (Å²) in [5.74, 6) is 0.321. The van der Waals surface area contributed by atoms with Gasteiger partial charge in [-0.2, -0.15) is 4.31 Å². The first-order chi connectivity index (χ1) is 9.47. The SMILES string of the molecule is CCCCN(C(C)CC)S(=O)(=O)c1cccc(CCl)c1. The standard InChI is InChI=1S/C15H24ClNO2S/c1-4-6-10-17(13(3)5-2)20(18,19)15-9-7-8-14(11-15)12-16/h7-9,11,13H,4-6,10,12H2,1-3H3. The van der Waals surface area contributed by atoms with Gasteiger partial charge in [0.25, 0.3) is 0 Å². The number of sulfonamides is 1. The molecule has 0 saturated heterocycles. The minimum absolute atomic E-state index is 0.00575. The highest BCUT2D eigenvalue weighted by atomic mass is 35.5. The number of hydrogen-bond donors (Lipinski definition) is 0. The molecule has 0 heterocycles. The van der Waals surface area contributed by atoms with Crippen LogP contribution in [-0.2, 0) is 15.9 Å². The summed E-state index contributed by atoms with van der Waals surface area (Å²) in [6, 6.07) is 6.91. The maximum absolute atomic E-state index is 12.8. The lowest BCUT2D eigenvalue weighted by molar-refractivity contribution is 0.324. The van der Waals surface area contributed by atoms with Crippen LogP contribution in [-0.4, -0.2) is 25.3 Å². The van der Waals surface area contributed by atoms with Crippen LogP contribution in [0, 0.1) is 0 Å². The van der Waals surface area contributed by atoms with Crippen molar-refractivity contribution >= 4 is 21.6 Å². The number of halogens is 1. The summed E-state index contributed by atoms with van der Waals surface area (Å²) in [7, 11) is -3.44. The van der Waals surface area contributed by atoms with Crippen LogP contribution in [0.25, 0.3) is 0 Å². The minimum atomic E-state index is -3.44. The first-order valence-electron chi connectivity index (χ1n) is 7.14. The molecule has 1 aromatic carbocycles. The summed E-state index contributed by atoms with van der Waals surface area (Å²) < 4.78 is 27.2. The fraction of sp³-hybridized carbons (Fsp3) is 0.600. The zero-order valence-electron chi connectivity index (χ0n) is 12.5. The fourth-order valence-corrected chi connectivity index (χ4v) is 4.00. The number of hydrogen-bond acceptors (Lipinski definition) is 2. The molecule has 0 saturated carbocycles. The first kappa shape index (κ1) is 17.5. The van der Waals surface area contributed by atoms with Gasteiger partial charge in [0.05, 0.1) is 4.90 Å². The van der Waals surface area contributed by atoms with Crippen molar-refractivity contribution in [2.45, 2.75) is 56.9 Å². The highest BCUT2D eigenvalue weighted by Gasteiger charge is 2.27. The average molecular weight is 318 g/mol. The van der Waals surface area contributed by atoms with Crippen LogP contribution in [0.3, 0.4) is 0 Å². The predicted molar refractivity (Wildman–Crippen MR) is 84.6 cm³/mol. The number of rotatable bonds is 8. The highest BCUT2D eigenvalue weighted by molar-refractivity contribution is 7.89. The van der Waals surface area contributed by atoms with E-state index in [-0.39, 0.29) is 6.04 Å². The van der Waals surface area contributed by atoms with Gasteiger partial charge in [-0.3, -0.25) is 0 Å². The van der Waals surface area contributed by atoms with E-state index >= 15 is 0 Å². The first-order valence-corrected chi connectivity index (χ1v) is 9.11. The van der Waals surface area contributed by atoms with Gasteiger partial charge in [-0.15, -0.1) is 11.6 Å². The average Bonchev–Trinajstić information content (AvgIpc) is 2.47. The maximum atomic E-state index is 12.8. The van der Waals surface area contributed by atoms with Crippen LogP contribution >= 0.6 is 11.6 Å². The lowest BCUT2D eigenvalue weighted by Gasteiger charge is -2.27. The van der Waals surface area contributed by atoms with Gasteiger partial charge in [-0.1, -0.05) is 32.4 Å². The van der Waals surface area contributed by atoms with E-state index in [0.29, 0.717) is 17.3 Å². The van der Waals surface area contributed by atoms with Crippen molar-refractivity contribution in [3.63, 3.8) is 0 Å². The topological polar surface area (TPSA) is 37.4 Å². The normalized spacial score (nSPS) is 13.7. The molecule has 1 aromatic rings. The van der Waals surface area contributed by atoms with E-state index in [2.05, 4.69) is 6.92 Å². The summed E-state index contributed by atoms with van der Waals surface area (Å²) in [6.45, 7) is 6.60. The quantitative estimate of drug-likeness (QED) is 0.679. The van der Waals surface area contributed by atoms with Gasteiger partial charge in [0.1, 0.15) is 0 Å². The molecule has 0 spiro atoms. The van der Waals surface area contributed by atoms with Crippen LogP contribution in [0.15, 0.2) is 29.2 Å². The van der Waals surface area contributed by atoms with Gasteiger partial charge >= 0.3 is 0 Å². The molecule has 3 nitrogen and oxygen atoms in total. The van der Waals surface area contributed by atoms with E-state index in [1.54, 1.807) is 22.5 Å². The largest absolute Gasteiger partial charge is 0.243 e. The van der Waals surface area contributed by atoms with Crippen molar-refractivity contribution in [3.05, 3.63) is 29.8 Å². The highest BCUT2D eigenvalue weighted by Crippen LogP contribution is 2.21. The lowest BCUT2D eigenvalue weighted by atomic mass is 10.2. The second kappa shape index (κ2) is 8.01. The molecule has 1 rings (SSSR count). The summed E-state index contributed by atoms with van der Waals surface area (Å²) in [6.07, 6.45) is 2.65. The van der Waals surface area contributed by atoms with E-state index in [0.717, 1.165) is 24.8 Å². The van der Waals surface area contributed by atoms with Crippen LogP contribution in [0.5, 0.6) is 0 Å². The van der Waals surface area contributed by atoms with Gasteiger partial charge in [-0.05, 0) is 37.5 Å². The third-order valence-corrected chi connectivity index (χ3v) is 5.79. The number of benzene rings is 1. The Morgan fingerprint density at radius 3 is 2.55 bits per heavy atom. The molecule has 5 heteroatoms. The zero-order chi connectivity index (χ0) is 15.2. The van der Waals surface area contributed by atoms with Gasteiger partial charge in [0.2, 0.25) is 10.0 Å². The molecule has 1 atom stereocenters. The number of nitrogens with zero attached hydrogens (tertiary/aromatic N) is 1. The Labute approximate surface area is 128 Å². The van der Waals surface area contributed by atoms with Crippen molar-refractivity contribution in [2.24, 2.45) is 0 Å². The summed E-state index contributed by atoms with van der Waals surface area (Å²) >= 11 is 5.79. The smallest absolute Gasteiger partial charge is 0.207 e. The summed E-state index contributed by atoms with van der Waals surface area (Å²) in [5.41, 5.74) is 0.826. The number of unbranched alkanes of at least 4 members (excludes halogenated alkanes) is 1. The van der Waals surface area contributed by atoms with Crippen LogP contribution in [0.2, 0.25) is 0 Å². The van der Waals surface area contributed by atoms with E-state index in [9.17, 15) is 8.42 Å². The summed E-state index contributed by atoms with van der Waals surface area (Å²) in [5, 5.41) is 0. The van der Waals surface area contributed by atoms with Crippen molar-refractivity contribution in [1.82, 2.24) is 4.31 Å². The van der Waals surface area contributed by atoms with Gasteiger partial charge in [0, 0.05) is 18.5 Å². The molecule has 0 aliphatic rings. The zero-order valence-corrected chi connectivity index (χ0v) is 14.0. The van der Waals surface area contributed by atoms with Crippen molar-refractivity contribution in [1.29, 1.82) is 0 Å². The molecule has 0 N–H and O–H groups in total. The van der Waals surface area contributed by atoms with Gasteiger partial charge in [0.15, 0.2) is 0 Å². The van der Waals surface area contributed by atoms with Crippen LogP contribution in [0.4, 0.5) is 0 Å². The Morgan fingerprint density at radius 1 is 1.30 bits per heavy atom. The predicted octanol–water partition coefficient (Wildman–Crippen LogP) is 4.01. The molecule has 0 aliphatic carbocycles. The molecule has 0 fully saturated rings. The Hall–Kier alpha value is -0.580. The molecule has 20 heavy (non-hydrogen) atoms. The molecule has 0 aromatic heterocycles. The van der Waals surface area contributed by atoms with E-state index < -0.39 is 10.0 Å². The molecule has 0 bridgehead atoms. The second-order valence-electron chi connectivity index (χ2n) is 5.01. The molecule has 0 radical (unpaired) electrons.